The Hall–Kier alpha value is -4.24. The number of aromatic nitrogens is 1. The fourth-order valence-corrected chi connectivity index (χ4v) is 5.77. The molecule has 0 aliphatic carbocycles. The number of aliphatic hydroxyl groups excluding tert-OH is 1. The number of amides is 1. The predicted molar refractivity (Wildman–Crippen MR) is 140 cm³/mol. The van der Waals surface area contributed by atoms with E-state index in [0.717, 1.165) is 21.3 Å². The summed E-state index contributed by atoms with van der Waals surface area (Å²) in [5, 5.41) is 11.6. The summed E-state index contributed by atoms with van der Waals surface area (Å²) in [6.07, 6.45) is 0. The highest BCUT2D eigenvalue weighted by Gasteiger charge is 2.49. The summed E-state index contributed by atoms with van der Waals surface area (Å²) < 4.78 is 25.4. The van der Waals surface area contributed by atoms with Crippen molar-refractivity contribution in [2.45, 2.75) is 19.9 Å². The van der Waals surface area contributed by atoms with E-state index in [1.807, 2.05) is 26.0 Å². The van der Waals surface area contributed by atoms with Gasteiger partial charge >= 0.3 is 5.91 Å². The maximum Gasteiger partial charge on any atom is 0.301 e. The Kier molecular flexibility index (Phi) is 6.16. The Balaban J connectivity index is 1.80. The van der Waals surface area contributed by atoms with Crippen molar-refractivity contribution in [1.82, 2.24) is 4.98 Å². The van der Waals surface area contributed by atoms with E-state index in [1.54, 1.807) is 18.2 Å². The molecule has 1 atom stereocenters. The van der Waals surface area contributed by atoms with Crippen molar-refractivity contribution in [3.05, 3.63) is 88.2 Å². The number of hydrogen-bond acceptors (Lipinski definition) is 7. The number of aryl methyl sites for hydroxylation is 2. The minimum atomic E-state index is -1.07. The van der Waals surface area contributed by atoms with Crippen molar-refractivity contribution in [2.75, 3.05) is 19.1 Å². The Morgan fingerprint density at radius 2 is 1.76 bits per heavy atom. The molecule has 3 aromatic carbocycles. The maximum atomic E-state index is 13.6. The summed E-state index contributed by atoms with van der Waals surface area (Å²) in [7, 11) is 2.97. The maximum absolute atomic E-state index is 13.6. The van der Waals surface area contributed by atoms with Crippen LogP contribution in [0.3, 0.4) is 0 Å². The topological polar surface area (TPSA) is 89.0 Å². The fraction of sp³-hybridized carbons (Fsp3) is 0.179. The van der Waals surface area contributed by atoms with Crippen LogP contribution in [-0.4, -0.2) is 36.0 Å². The van der Waals surface area contributed by atoms with Gasteiger partial charge in [-0.15, -0.1) is 0 Å². The van der Waals surface area contributed by atoms with E-state index in [4.69, 9.17) is 14.5 Å². The predicted octanol–water partition coefficient (Wildman–Crippen LogP) is 5.70. The van der Waals surface area contributed by atoms with Crippen LogP contribution in [0.25, 0.3) is 16.0 Å². The highest BCUT2D eigenvalue weighted by molar-refractivity contribution is 7.22. The van der Waals surface area contributed by atoms with Crippen LogP contribution in [0.5, 0.6) is 11.5 Å². The van der Waals surface area contributed by atoms with E-state index in [2.05, 4.69) is 0 Å². The third-order valence-electron chi connectivity index (χ3n) is 6.32. The summed E-state index contributed by atoms with van der Waals surface area (Å²) in [5.41, 5.74) is 3.18. The average Bonchev–Trinajstić information content (AvgIpc) is 3.42. The Bertz CT molecular complexity index is 1590. The SMILES string of the molecule is COc1ccc(OC)c(C2C(=C(O)c3ccc(F)cc3)C(=O)C(=O)N2c2nc3c(C)cc(C)cc3s2)c1. The normalized spacial score (nSPS) is 17.0. The van der Waals surface area contributed by atoms with Gasteiger partial charge in [-0.2, -0.15) is 0 Å². The van der Waals surface area contributed by atoms with Gasteiger partial charge in [-0.25, -0.2) is 9.37 Å². The molecule has 1 N–H and O–H groups in total. The zero-order chi connectivity index (χ0) is 26.4. The van der Waals surface area contributed by atoms with Gasteiger partial charge in [0.1, 0.15) is 29.1 Å². The van der Waals surface area contributed by atoms with Gasteiger partial charge in [0.25, 0.3) is 5.78 Å². The largest absolute Gasteiger partial charge is 0.507 e. The van der Waals surface area contributed by atoms with Gasteiger partial charge in [-0.1, -0.05) is 17.4 Å². The first kappa shape index (κ1) is 24.5. The molecule has 1 amide bonds. The number of carbonyl (C=O) groups is 2. The van der Waals surface area contributed by atoms with Crippen LogP contribution in [0.2, 0.25) is 0 Å². The van der Waals surface area contributed by atoms with Gasteiger partial charge in [0.05, 0.1) is 30.0 Å². The van der Waals surface area contributed by atoms with Crippen LogP contribution in [0.15, 0.2) is 60.2 Å². The number of rotatable bonds is 5. The molecule has 1 unspecified atom stereocenters. The number of Topliss-reactive ketones (excluding diaryl/α,β-unsaturated/α-hetero) is 1. The monoisotopic (exact) mass is 518 g/mol. The number of nitrogens with zero attached hydrogens (tertiary/aromatic N) is 2. The van der Waals surface area contributed by atoms with Crippen LogP contribution in [0, 0.1) is 19.7 Å². The quantitative estimate of drug-likeness (QED) is 0.207. The lowest BCUT2D eigenvalue weighted by atomic mass is 9.94. The smallest absolute Gasteiger partial charge is 0.301 e. The molecule has 0 bridgehead atoms. The molecule has 2 heterocycles. The molecule has 1 saturated heterocycles. The lowest BCUT2D eigenvalue weighted by Crippen LogP contribution is -2.29. The minimum Gasteiger partial charge on any atom is -0.507 e. The molecule has 5 rings (SSSR count). The van der Waals surface area contributed by atoms with Crippen molar-refractivity contribution >= 4 is 44.1 Å². The Labute approximate surface area is 216 Å². The summed E-state index contributed by atoms with van der Waals surface area (Å²) in [5.74, 6) is -1.79. The van der Waals surface area contributed by atoms with Gasteiger partial charge in [-0.3, -0.25) is 14.5 Å². The average molecular weight is 519 g/mol. The van der Waals surface area contributed by atoms with E-state index < -0.39 is 29.3 Å². The number of anilines is 1. The van der Waals surface area contributed by atoms with E-state index in [9.17, 15) is 19.1 Å². The molecule has 7 nitrogen and oxygen atoms in total. The van der Waals surface area contributed by atoms with E-state index in [-0.39, 0.29) is 11.1 Å². The molecule has 9 heteroatoms. The number of hydrogen-bond donors (Lipinski definition) is 1. The summed E-state index contributed by atoms with van der Waals surface area (Å²) in [6, 6.07) is 13.0. The molecule has 1 aliphatic heterocycles. The molecule has 37 heavy (non-hydrogen) atoms. The van der Waals surface area contributed by atoms with Crippen LogP contribution in [0.4, 0.5) is 9.52 Å². The number of aliphatic hydroxyl groups is 1. The van der Waals surface area contributed by atoms with E-state index in [0.29, 0.717) is 22.2 Å². The van der Waals surface area contributed by atoms with Gasteiger partial charge < -0.3 is 14.6 Å². The number of halogens is 1. The van der Waals surface area contributed by atoms with Crippen molar-refractivity contribution in [3.8, 4) is 11.5 Å². The van der Waals surface area contributed by atoms with Crippen LogP contribution in [0.1, 0.15) is 28.3 Å². The Morgan fingerprint density at radius 3 is 2.43 bits per heavy atom. The van der Waals surface area contributed by atoms with E-state index in [1.165, 1.54) is 54.7 Å². The summed E-state index contributed by atoms with van der Waals surface area (Å²) in [6.45, 7) is 3.91. The number of ketones is 1. The summed E-state index contributed by atoms with van der Waals surface area (Å²) >= 11 is 1.28. The second-order valence-corrected chi connectivity index (χ2v) is 9.72. The highest BCUT2D eigenvalue weighted by atomic mass is 32.1. The lowest BCUT2D eigenvalue weighted by molar-refractivity contribution is -0.132. The zero-order valence-electron chi connectivity index (χ0n) is 20.5. The Morgan fingerprint density at radius 1 is 1.03 bits per heavy atom. The van der Waals surface area contributed by atoms with Gasteiger partial charge in [0.15, 0.2) is 5.13 Å². The standard InChI is InChI=1S/C28H23FN2O5S/c1-14-11-15(2)23-21(12-14)37-28(30-23)31-24(19-13-18(35-3)9-10-20(19)36-4)22(26(33)27(31)34)25(32)16-5-7-17(29)8-6-16/h5-13,24,32H,1-4H3. The number of fused-ring (bicyclic) bond motifs is 1. The van der Waals surface area contributed by atoms with Crippen molar-refractivity contribution in [2.24, 2.45) is 0 Å². The summed E-state index contributed by atoms with van der Waals surface area (Å²) in [4.78, 5) is 33.0. The molecular formula is C28H23FN2O5S. The molecule has 4 aromatic rings. The number of benzene rings is 3. The van der Waals surface area contributed by atoms with Crippen LogP contribution < -0.4 is 14.4 Å². The van der Waals surface area contributed by atoms with Crippen molar-refractivity contribution in [3.63, 3.8) is 0 Å². The first-order chi connectivity index (χ1) is 17.7. The van der Waals surface area contributed by atoms with Crippen molar-refractivity contribution < 1.29 is 28.6 Å². The molecular weight excluding hydrogens is 495 g/mol. The lowest BCUT2D eigenvalue weighted by Gasteiger charge is -2.25. The highest BCUT2D eigenvalue weighted by Crippen LogP contribution is 2.47. The first-order valence-electron chi connectivity index (χ1n) is 11.4. The van der Waals surface area contributed by atoms with Gasteiger partial charge in [0, 0.05) is 11.1 Å². The molecule has 0 radical (unpaired) electrons. The number of thiazole rings is 1. The molecule has 0 saturated carbocycles. The number of carbonyl (C=O) groups excluding carboxylic acids is 2. The van der Waals surface area contributed by atoms with Gasteiger partial charge in [-0.05, 0) is 73.5 Å². The number of methoxy groups -OCH3 is 2. The minimum absolute atomic E-state index is 0.157. The van der Waals surface area contributed by atoms with Crippen molar-refractivity contribution in [1.29, 1.82) is 0 Å². The molecule has 1 fully saturated rings. The number of ether oxygens (including phenoxy) is 2. The second kappa shape index (κ2) is 9.33. The third-order valence-corrected chi connectivity index (χ3v) is 7.32. The molecule has 1 aliphatic rings. The second-order valence-electron chi connectivity index (χ2n) is 8.71. The molecule has 1 aromatic heterocycles. The zero-order valence-corrected chi connectivity index (χ0v) is 21.4. The first-order valence-corrected chi connectivity index (χ1v) is 12.2. The van der Waals surface area contributed by atoms with Crippen LogP contribution in [-0.2, 0) is 9.59 Å². The molecule has 188 valence electrons. The fourth-order valence-electron chi connectivity index (χ4n) is 4.60. The van der Waals surface area contributed by atoms with E-state index >= 15 is 0 Å². The van der Waals surface area contributed by atoms with Crippen LogP contribution >= 0.6 is 11.3 Å². The van der Waals surface area contributed by atoms with Gasteiger partial charge in [0.2, 0.25) is 0 Å². The third kappa shape index (κ3) is 4.11. The molecule has 0 spiro atoms.